The van der Waals surface area contributed by atoms with Gasteiger partial charge in [0, 0.05) is 11.5 Å². The maximum atomic E-state index is 7.66. The highest BCUT2D eigenvalue weighted by atomic mass is 28.4. The van der Waals surface area contributed by atoms with Gasteiger partial charge >= 0.3 is 0 Å². The first-order valence-corrected chi connectivity index (χ1v) is 16.9. The van der Waals surface area contributed by atoms with Crippen LogP contribution in [-0.2, 0) is 16.4 Å². The Morgan fingerprint density at radius 3 is 1.97 bits per heavy atom. The molecule has 1 aliphatic heterocycles. The van der Waals surface area contributed by atoms with Gasteiger partial charge in [0.2, 0.25) is 6.33 Å². The second-order valence-corrected chi connectivity index (χ2v) is 17.2. The van der Waals surface area contributed by atoms with Crippen molar-refractivity contribution in [2.45, 2.75) is 83.2 Å². The second kappa shape index (κ2) is 9.94. The van der Waals surface area contributed by atoms with Gasteiger partial charge in [0.15, 0.2) is 8.32 Å². The first-order chi connectivity index (χ1) is 18.0. The molecule has 0 amide bonds. The number of benzene rings is 3. The van der Waals surface area contributed by atoms with E-state index in [-0.39, 0.29) is 11.1 Å². The molecule has 5 rings (SSSR count). The van der Waals surface area contributed by atoms with Crippen molar-refractivity contribution in [3.63, 3.8) is 0 Å². The monoisotopic (exact) mass is 524 g/mol. The SMILES string of the molecule is CC(C)c1ccccc1-n1c[n+]2c(n1)CC[C@@H]2C(O[Si](C)(C)C(C)(C)C)(c1ccccc1)c1ccccc1. The fourth-order valence-electron chi connectivity index (χ4n) is 5.59. The lowest BCUT2D eigenvalue weighted by atomic mass is 9.79. The Morgan fingerprint density at radius 1 is 0.868 bits per heavy atom. The van der Waals surface area contributed by atoms with Crippen molar-refractivity contribution in [2.24, 2.45) is 0 Å². The van der Waals surface area contributed by atoms with Crippen LogP contribution in [0.2, 0.25) is 18.1 Å². The number of aryl methyl sites for hydroxylation is 1. The lowest BCUT2D eigenvalue weighted by Gasteiger charge is -2.48. The minimum atomic E-state index is -2.22. The van der Waals surface area contributed by atoms with E-state index >= 15 is 0 Å². The summed E-state index contributed by atoms with van der Waals surface area (Å²) in [7, 11) is -2.22. The molecular formula is C33H42N3OSi+. The van der Waals surface area contributed by atoms with Crippen LogP contribution in [0.25, 0.3) is 5.69 Å². The summed E-state index contributed by atoms with van der Waals surface area (Å²) in [5, 5.41) is 5.20. The Kier molecular flexibility index (Phi) is 6.95. The van der Waals surface area contributed by atoms with E-state index in [4.69, 9.17) is 9.52 Å². The molecule has 5 heteroatoms. The third kappa shape index (κ3) is 4.56. The number of nitrogens with zero attached hydrogens (tertiary/aromatic N) is 3. The highest BCUT2D eigenvalue weighted by molar-refractivity contribution is 6.74. The van der Waals surface area contributed by atoms with E-state index in [1.54, 1.807) is 0 Å². The van der Waals surface area contributed by atoms with Crippen LogP contribution >= 0.6 is 0 Å². The Hall–Kier alpha value is -3.02. The zero-order valence-electron chi connectivity index (χ0n) is 24.0. The van der Waals surface area contributed by atoms with Crippen molar-refractivity contribution >= 4 is 8.32 Å². The van der Waals surface area contributed by atoms with Crippen LogP contribution in [0.1, 0.15) is 75.5 Å². The zero-order chi connectivity index (χ0) is 27.1. The average molecular weight is 525 g/mol. The van der Waals surface area contributed by atoms with Crippen LogP contribution in [0, 0.1) is 0 Å². The number of rotatable bonds is 7. The molecule has 0 radical (unpaired) electrons. The van der Waals surface area contributed by atoms with Gasteiger partial charge in [-0.25, -0.2) is 4.57 Å². The van der Waals surface area contributed by atoms with Gasteiger partial charge < -0.3 is 4.43 Å². The maximum absolute atomic E-state index is 7.66. The number of aromatic nitrogens is 3. The highest BCUT2D eigenvalue weighted by Crippen LogP contribution is 2.50. The fourth-order valence-corrected chi connectivity index (χ4v) is 7.08. The lowest BCUT2D eigenvalue weighted by molar-refractivity contribution is -0.730. The molecule has 38 heavy (non-hydrogen) atoms. The number of hydrogen-bond acceptors (Lipinski definition) is 2. The van der Waals surface area contributed by atoms with Crippen LogP contribution in [0.3, 0.4) is 0 Å². The summed E-state index contributed by atoms with van der Waals surface area (Å²) in [5.74, 6) is 1.53. The Bertz CT molecular complexity index is 1350. The maximum Gasteiger partial charge on any atom is 0.278 e. The molecule has 0 bridgehead atoms. The first-order valence-electron chi connectivity index (χ1n) is 13.9. The van der Waals surface area contributed by atoms with Crippen molar-refractivity contribution in [3.05, 3.63) is 114 Å². The predicted octanol–water partition coefficient (Wildman–Crippen LogP) is 7.74. The molecule has 0 unspecified atom stereocenters. The molecule has 3 aromatic carbocycles. The molecule has 0 spiro atoms. The molecule has 0 saturated heterocycles. The van der Waals surface area contributed by atoms with Crippen molar-refractivity contribution in [1.82, 2.24) is 9.78 Å². The zero-order valence-corrected chi connectivity index (χ0v) is 25.0. The third-order valence-corrected chi connectivity index (χ3v) is 13.1. The molecule has 1 aromatic heterocycles. The van der Waals surface area contributed by atoms with E-state index in [0.29, 0.717) is 5.92 Å². The van der Waals surface area contributed by atoms with Gasteiger partial charge in [0.1, 0.15) is 17.3 Å². The summed E-state index contributed by atoms with van der Waals surface area (Å²) in [6, 6.07) is 30.5. The van der Waals surface area contributed by atoms with Crippen LogP contribution in [0.15, 0.2) is 91.3 Å². The van der Waals surface area contributed by atoms with E-state index < -0.39 is 13.9 Å². The highest BCUT2D eigenvalue weighted by Gasteiger charge is 2.55. The van der Waals surface area contributed by atoms with Gasteiger partial charge in [-0.2, -0.15) is 0 Å². The van der Waals surface area contributed by atoms with Gasteiger partial charge in [-0.3, -0.25) is 0 Å². The first kappa shape index (κ1) is 26.6. The van der Waals surface area contributed by atoms with Crippen LogP contribution in [0.4, 0.5) is 0 Å². The molecule has 0 saturated carbocycles. The predicted molar refractivity (Wildman–Crippen MR) is 157 cm³/mol. The van der Waals surface area contributed by atoms with Crippen LogP contribution < -0.4 is 4.57 Å². The van der Waals surface area contributed by atoms with E-state index in [0.717, 1.165) is 24.4 Å². The van der Waals surface area contributed by atoms with Crippen molar-refractivity contribution in [2.75, 3.05) is 0 Å². The molecule has 4 aromatic rings. The standard InChI is InChI=1S/C33H42N3OSi/c1-25(2)28-20-14-15-21-29(28)36-24-35-30(22-23-31(35)34-36)33(26-16-10-8-11-17-26,27-18-12-9-13-19-27)37-38(6,7)32(3,4)5/h8-21,24-25,30H,22-23H2,1-7H3/q+1/t30-/m1/s1. The smallest absolute Gasteiger partial charge is 0.278 e. The Labute approximate surface area is 229 Å². The van der Waals surface area contributed by atoms with Gasteiger partial charge in [0.05, 0.1) is 0 Å². The van der Waals surface area contributed by atoms with Crippen LogP contribution in [-0.4, -0.2) is 18.1 Å². The summed E-state index contributed by atoms with van der Waals surface area (Å²) in [6.07, 6.45) is 4.11. The minimum Gasteiger partial charge on any atom is -0.400 e. The molecule has 1 atom stereocenters. The normalized spacial score (nSPS) is 16.2. The quantitative estimate of drug-likeness (QED) is 0.183. The molecule has 2 heterocycles. The topological polar surface area (TPSA) is 30.9 Å². The van der Waals surface area contributed by atoms with Crippen LogP contribution in [0.5, 0.6) is 0 Å². The van der Waals surface area contributed by atoms with Crippen molar-refractivity contribution in [3.8, 4) is 5.69 Å². The summed E-state index contributed by atoms with van der Waals surface area (Å²) < 4.78 is 12.2. The van der Waals surface area contributed by atoms with E-state index in [2.05, 4.69) is 148 Å². The molecule has 0 fully saturated rings. The number of hydrogen-bond donors (Lipinski definition) is 0. The van der Waals surface area contributed by atoms with Gasteiger partial charge in [0.25, 0.3) is 5.82 Å². The number of fused-ring (bicyclic) bond motifs is 1. The largest absolute Gasteiger partial charge is 0.400 e. The summed E-state index contributed by atoms with van der Waals surface area (Å²) in [6.45, 7) is 16.2. The van der Waals surface area contributed by atoms with Gasteiger partial charge in [-0.15, -0.1) is 0 Å². The third-order valence-electron chi connectivity index (χ3n) is 8.63. The van der Waals surface area contributed by atoms with Crippen molar-refractivity contribution < 1.29 is 8.99 Å². The van der Waals surface area contributed by atoms with Gasteiger partial charge in [-0.05, 0) is 53.2 Å². The van der Waals surface area contributed by atoms with Crippen molar-refractivity contribution in [1.29, 1.82) is 0 Å². The lowest BCUT2D eigenvalue weighted by Crippen LogP contribution is -2.57. The molecule has 198 valence electrons. The number of para-hydroxylation sites is 1. The molecule has 0 N–H and O–H groups in total. The molecule has 0 aliphatic carbocycles. The summed E-state index contributed by atoms with van der Waals surface area (Å²) in [4.78, 5) is 0. The fraction of sp³-hybridized carbons (Fsp3) is 0.394. The van der Waals surface area contributed by atoms with E-state index in [1.165, 1.54) is 16.7 Å². The average Bonchev–Trinajstić information content (AvgIpc) is 3.49. The molecular weight excluding hydrogens is 482 g/mol. The Balaban J connectivity index is 1.73. The summed E-state index contributed by atoms with van der Waals surface area (Å²) >= 11 is 0. The summed E-state index contributed by atoms with van der Waals surface area (Å²) in [5.41, 5.74) is 4.24. The second-order valence-electron chi connectivity index (χ2n) is 12.5. The minimum absolute atomic E-state index is 0.0638. The van der Waals surface area contributed by atoms with Gasteiger partial charge in [-0.1, -0.05) is 118 Å². The molecule has 1 aliphatic rings. The molecule has 4 nitrogen and oxygen atoms in total. The Morgan fingerprint density at radius 2 is 1.42 bits per heavy atom. The van der Waals surface area contributed by atoms with E-state index in [9.17, 15) is 0 Å². The van der Waals surface area contributed by atoms with E-state index in [1.807, 2.05) is 0 Å².